The predicted octanol–water partition coefficient (Wildman–Crippen LogP) is 2.62. The molecule has 100 valence electrons. The number of benzene rings is 1. The fourth-order valence-corrected chi connectivity index (χ4v) is 3.93. The van der Waals surface area contributed by atoms with Crippen molar-refractivity contribution in [3.05, 3.63) is 29.6 Å². The highest BCUT2D eigenvalue weighted by Crippen LogP contribution is 2.46. The minimum atomic E-state index is -0.346. The molecule has 1 aliphatic rings. The van der Waals surface area contributed by atoms with Gasteiger partial charge >= 0.3 is 0 Å². The third-order valence-corrected chi connectivity index (χ3v) is 5.13. The zero-order chi connectivity index (χ0) is 13.2. The zero-order valence-corrected chi connectivity index (χ0v) is 11.5. The Hall–Kier alpha value is -0.780. The molecule has 0 saturated carbocycles. The minimum absolute atomic E-state index is 0.0236. The molecule has 2 atom stereocenters. The molecule has 0 bridgehead atoms. The first-order chi connectivity index (χ1) is 8.60. The fraction of sp³-hybridized carbons (Fsp3) is 0.538. The molecule has 1 aliphatic heterocycles. The van der Waals surface area contributed by atoms with E-state index in [1.807, 2.05) is 17.8 Å². The van der Waals surface area contributed by atoms with Gasteiger partial charge < -0.3 is 4.74 Å². The van der Waals surface area contributed by atoms with Gasteiger partial charge in [0.1, 0.15) is 0 Å². The highest BCUT2D eigenvalue weighted by atomic mass is 32.2. The highest BCUT2D eigenvalue weighted by molar-refractivity contribution is 8.00. The number of nitrogens with two attached hydrogens (primary N) is 1. The second kappa shape index (κ2) is 5.47. The summed E-state index contributed by atoms with van der Waals surface area (Å²) in [6.45, 7) is 2.18. The Balaban J connectivity index is 2.30. The molecule has 3 nitrogen and oxygen atoms in total. The van der Waals surface area contributed by atoms with Crippen molar-refractivity contribution in [3.8, 4) is 5.75 Å². The summed E-state index contributed by atoms with van der Waals surface area (Å²) in [6, 6.07) is 4.98. The summed E-state index contributed by atoms with van der Waals surface area (Å²) in [7, 11) is 1.46. The standard InChI is InChI=1S/C13H19FN2OS/c1-13(6-3-7-18-13)12(16-15)9-4-5-11(17-2)10(14)8-9/h4-5,8,12,16H,3,6-7,15H2,1-2H3. The molecular formula is C13H19FN2OS. The van der Waals surface area contributed by atoms with E-state index in [0.29, 0.717) is 0 Å². The SMILES string of the molecule is COc1ccc(C(NN)C2(C)CCCS2)cc1F. The number of nitrogens with one attached hydrogen (secondary N) is 1. The average Bonchev–Trinajstić information content (AvgIpc) is 2.78. The molecule has 0 aliphatic carbocycles. The lowest BCUT2D eigenvalue weighted by atomic mass is 9.90. The molecule has 18 heavy (non-hydrogen) atoms. The number of thioether (sulfide) groups is 1. The van der Waals surface area contributed by atoms with Crippen LogP contribution in [0.15, 0.2) is 18.2 Å². The smallest absolute Gasteiger partial charge is 0.165 e. The van der Waals surface area contributed by atoms with E-state index >= 15 is 0 Å². The zero-order valence-electron chi connectivity index (χ0n) is 10.7. The summed E-state index contributed by atoms with van der Waals surface area (Å²) in [5.41, 5.74) is 3.71. The van der Waals surface area contributed by atoms with Crippen molar-refractivity contribution < 1.29 is 9.13 Å². The Bertz CT molecular complexity index is 421. The summed E-state index contributed by atoms with van der Waals surface area (Å²) >= 11 is 1.89. The Morgan fingerprint density at radius 2 is 2.33 bits per heavy atom. The molecule has 1 saturated heterocycles. The van der Waals surface area contributed by atoms with Gasteiger partial charge in [-0.3, -0.25) is 11.3 Å². The van der Waals surface area contributed by atoms with Crippen LogP contribution in [0.2, 0.25) is 0 Å². The van der Waals surface area contributed by atoms with Gasteiger partial charge in [-0.2, -0.15) is 11.8 Å². The van der Waals surface area contributed by atoms with Gasteiger partial charge in [0.25, 0.3) is 0 Å². The van der Waals surface area contributed by atoms with Crippen LogP contribution in [-0.4, -0.2) is 17.6 Å². The predicted molar refractivity (Wildman–Crippen MR) is 73.1 cm³/mol. The van der Waals surface area contributed by atoms with Crippen LogP contribution in [0, 0.1) is 5.82 Å². The highest BCUT2D eigenvalue weighted by Gasteiger charge is 2.38. The van der Waals surface area contributed by atoms with E-state index in [2.05, 4.69) is 12.3 Å². The minimum Gasteiger partial charge on any atom is -0.494 e. The summed E-state index contributed by atoms with van der Waals surface area (Å²) in [5, 5.41) is 0. The summed E-state index contributed by atoms with van der Waals surface area (Å²) in [5.74, 6) is 6.72. The van der Waals surface area contributed by atoms with Gasteiger partial charge in [-0.05, 0) is 43.2 Å². The number of hydrazine groups is 1. The molecule has 5 heteroatoms. The Labute approximate surface area is 111 Å². The summed E-state index contributed by atoms with van der Waals surface area (Å²) in [4.78, 5) is 0. The van der Waals surface area contributed by atoms with Crippen LogP contribution in [0.1, 0.15) is 31.4 Å². The van der Waals surface area contributed by atoms with E-state index in [-0.39, 0.29) is 22.4 Å². The number of hydrogen-bond acceptors (Lipinski definition) is 4. The second-order valence-corrected chi connectivity index (χ2v) is 6.39. The van der Waals surface area contributed by atoms with Crippen molar-refractivity contribution >= 4 is 11.8 Å². The maximum Gasteiger partial charge on any atom is 0.165 e. The van der Waals surface area contributed by atoms with Gasteiger partial charge in [0, 0.05) is 4.75 Å². The lowest BCUT2D eigenvalue weighted by Gasteiger charge is -2.33. The van der Waals surface area contributed by atoms with Crippen molar-refractivity contribution in [1.29, 1.82) is 0 Å². The number of rotatable bonds is 4. The maximum atomic E-state index is 13.8. The molecule has 0 spiro atoms. The molecule has 0 amide bonds. The number of halogens is 1. The van der Waals surface area contributed by atoms with Crippen LogP contribution < -0.4 is 16.0 Å². The summed E-state index contributed by atoms with van der Waals surface area (Å²) < 4.78 is 18.7. The van der Waals surface area contributed by atoms with E-state index in [1.54, 1.807) is 6.07 Å². The van der Waals surface area contributed by atoms with Crippen LogP contribution in [0.4, 0.5) is 4.39 Å². The van der Waals surface area contributed by atoms with Gasteiger partial charge in [-0.25, -0.2) is 4.39 Å². The molecule has 0 radical (unpaired) electrons. The summed E-state index contributed by atoms with van der Waals surface area (Å²) in [6.07, 6.45) is 2.26. The number of hydrogen-bond donors (Lipinski definition) is 2. The van der Waals surface area contributed by atoms with Crippen LogP contribution in [0.3, 0.4) is 0 Å². The first kappa shape index (κ1) is 13.6. The Kier molecular flexibility index (Phi) is 4.14. The van der Waals surface area contributed by atoms with E-state index in [9.17, 15) is 4.39 Å². The van der Waals surface area contributed by atoms with Crippen molar-refractivity contribution in [2.75, 3.05) is 12.9 Å². The number of methoxy groups -OCH3 is 1. The van der Waals surface area contributed by atoms with Crippen LogP contribution in [0.25, 0.3) is 0 Å². The largest absolute Gasteiger partial charge is 0.494 e. The monoisotopic (exact) mass is 270 g/mol. The van der Waals surface area contributed by atoms with Crippen LogP contribution >= 0.6 is 11.8 Å². The molecular weight excluding hydrogens is 251 g/mol. The lowest BCUT2D eigenvalue weighted by molar-refractivity contribution is 0.382. The second-order valence-electron chi connectivity index (χ2n) is 4.76. The van der Waals surface area contributed by atoms with Crippen LogP contribution in [-0.2, 0) is 0 Å². The van der Waals surface area contributed by atoms with E-state index in [0.717, 1.165) is 17.7 Å². The average molecular weight is 270 g/mol. The van der Waals surface area contributed by atoms with Gasteiger partial charge in [0.15, 0.2) is 11.6 Å². The molecule has 2 unspecified atom stereocenters. The van der Waals surface area contributed by atoms with Gasteiger partial charge in [0.05, 0.1) is 13.2 Å². The van der Waals surface area contributed by atoms with Gasteiger partial charge in [0.2, 0.25) is 0 Å². The first-order valence-corrected chi connectivity index (χ1v) is 7.03. The van der Waals surface area contributed by atoms with Gasteiger partial charge in [-0.1, -0.05) is 6.07 Å². The van der Waals surface area contributed by atoms with Gasteiger partial charge in [-0.15, -0.1) is 0 Å². The van der Waals surface area contributed by atoms with E-state index in [1.165, 1.54) is 19.6 Å². The molecule has 1 aromatic carbocycles. The maximum absolute atomic E-state index is 13.8. The van der Waals surface area contributed by atoms with Crippen molar-refractivity contribution in [2.45, 2.75) is 30.6 Å². The molecule has 1 fully saturated rings. The van der Waals surface area contributed by atoms with Crippen molar-refractivity contribution in [3.63, 3.8) is 0 Å². The topological polar surface area (TPSA) is 47.3 Å². The van der Waals surface area contributed by atoms with E-state index < -0.39 is 0 Å². The fourth-order valence-electron chi connectivity index (χ4n) is 2.52. The molecule has 1 heterocycles. The van der Waals surface area contributed by atoms with Crippen molar-refractivity contribution in [2.24, 2.45) is 5.84 Å². The first-order valence-electron chi connectivity index (χ1n) is 6.04. The third kappa shape index (κ3) is 2.48. The Morgan fingerprint density at radius 1 is 1.56 bits per heavy atom. The molecule has 2 rings (SSSR count). The van der Waals surface area contributed by atoms with Crippen molar-refractivity contribution in [1.82, 2.24) is 5.43 Å². The lowest BCUT2D eigenvalue weighted by Crippen LogP contribution is -2.41. The van der Waals surface area contributed by atoms with E-state index in [4.69, 9.17) is 10.6 Å². The normalized spacial score (nSPS) is 25.1. The quantitative estimate of drug-likeness (QED) is 0.652. The Morgan fingerprint density at radius 3 is 2.83 bits per heavy atom. The molecule has 1 aromatic rings. The number of ether oxygens (including phenoxy) is 1. The third-order valence-electron chi connectivity index (χ3n) is 3.54. The molecule has 0 aromatic heterocycles. The van der Waals surface area contributed by atoms with Crippen LogP contribution in [0.5, 0.6) is 5.75 Å². The molecule has 3 N–H and O–H groups in total.